The maximum absolute atomic E-state index is 13.4. The highest BCUT2D eigenvalue weighted by molar-refractivity contribution is 6.12. The van der Waals surface area contributed by atoms with Gasteiger partial charge in [-0.2, -0.15) is 18.2 Å². The molecule has 0 saturated heterocycles. The van der Waals surface area contributed by atoms with Crippen molar-refractivity contribution in [2.75, 3.05) is 25.6 Å². The molecule has 0 aliphatic rings. The number of ether oxygens (including phenoxy) is 2. The number of benzene rings is 4. The first kappa shape index (κ1) is 25.9. The van der Waals surface area contributed by atoms with Crippen molar-refractivity contribution in [2.24, 2.45) is 0 Å². The number of alkyl halides is 3. The SMILES string of the molecule is COCCOc1nc(-c2cccc(C(F)(F)F)c2)n(-c2ccc(NC(=O)c3cccc4ccccc34)cc2)n1. The fraction of sp³-hybridized carbons (Fsp3) is 0.138. The van der Waals surface area contributed by atoms with E-state index in [0.717, 1.165) is 22.9 Å². The maximum atomic E-state index is 13.4. The van der Waals surface area contributed by atoms with Crippen LogP contribution in [0, 0.1) is 0 Å². The van der Waals surface area contributed by atoms with Gasteiger partial charge in [-0.25, -0.2) is 4.68 Å². The third kappa shape index (κ3) is 5.75. The number of carbonyl (C=O) groups is 1. The van der Waals surface area contributed by atoms with Gasteiger partial charge in [0, 0.05) is 23.9 Å². The van der Waals surface area contributed by atoms with E-state index in [2.05, 4.69) is 15.4 Å². The predicted molar refractivity (Wildman–Crippen MR) is 141 cm³/mol. The Bertz CT molecular complexity index is 1610. The van der Waals surface area contributed by atoms with Crippen LogP contribution >= 0.6 is 0 Å². The lowest BCUT2D eigenvalue weighted by Gasteiger charge is -2.11. The molecule has 0 radical (unpaired) electrons. The summed E-state index contributed by atoms with van der Waals surface area (Å²) in [5, 5.41) is 9.04. The quantitative estimate of drug-likeness (QED) is 0.235. The largest absolute Gasteiger partial charge is 0.460 e. The van der Waals surface area contributed by atoms with E-state index in [4.69, 9.17) is 9.47 Å². The van der Waals surface area contributed by atoms with E-state index in [1.807, 2.05) is 36.4 Å². The molecular weight excluding hydrogens is 509 g/mol. The minimum atomic E-state index is -4.51. The first-order chi connectivity index (χ1) is 18.8. The molecule has 0 unspecified atom stereocenters. The summed E-state index contributed by atoms with van der Waals surface area (Å²) in [5.74, 6) is -0.0974. The highest BCUT2D eigenvalue weighted by Crippen LogP contribution is 2.33. The summed E-state index contributed by atoms with van der Waals surface area (Å²) < 4.78 is 52.0. The topological polar surface area (TPSA) is 78.3 Å². The van der Waals surface area contributed by atoms with Gasteiger partial charge in [0.05, 0.1) is 17.9 Å². The van der Waals surface area contributed by atoms with Crippen molar-refractivity contribution in [3.8, 4) is 23.1 Å². The number of anilines is 1. The summed E-state index contributed by atoms with van der Waals surface area (Å²) in [6, 6.07) is 24.7. The number of aromatic nitrogens is 3. The highest BCUT2D eigenvalue weighted by Gasteiger charge is 2.31. The van der Waals surface area contributed by atoms with E-state index in [1.54, 1.807) is 30.3 Å². The highest BCUT2D eigenvalue weighted by atomic mass is 19.4. The maximum Gasteiger partial charge on any atom is 0.416 e. The third-order valence-corrected chi connectivity index (χ3v) is 5.96. The van der Waals surface area contributed by atoms with Crippen LogP contribution in [-0.4, -0.2) is 41.0 Å². The number of methoxy groups -OCH3 is 1. The predicted octanol–water partition coefficient (Wildman–Crippen LogP) is 6.38. The molecule has 0 fully saturated rings. The van der Waals surface area contributed by atoms with Gasteiger partial charge >= 0.3 is 12.2 Å². The fourth-order valence-corrected chi connectivity index (χ4v) is 4.08. The molecule has 7 nitrogen and oxygen atoms in total. The summed E-state index contributed by atoms with van der Waals surface area (Å²) in [4.78, 5) is 17.3. The zero-order valence-electron chi connectivity index (χ0n) is 20.8. The molecule has 0 atom stereocenters. The Kier molecular flexibility index (Phi) is 7.29. The Labute approximate surface area is 221 Å². The summed E-state index contributed by atoms with van der Waals surface area (Å²) in [7, 11) is 1.52. The third-order valence-electron chi connectivity index (χ3n) is 5.96. The second kappa shape index (κ2) is 11.0. The Morgan fingerprint density at radius 3 is 2.44 bits per heavy atom. The molecule has 5 rings (SSSR count). The molecule has 39 heavy (non-hydrogen) atoms. The lowest BCUT2D eigenvalue weighted by atomic mass is 10.0. The van der Waals surface area contributed by atoms with Gasteiger partial charge in [0.1, 0.15) is 6.61 Å². The number of rotatable bonds is 8. The van der Waals surface area contributed by atoms with E-state index in [1.165, 1.54) is 23.9 Å². The van der Waals surface area contributed by atoms with E-state index in [9.17, 15) is 18.0 Å². The van der Waals surface area contributed by atoms with Crippen LogP contribution in [0.15, 0.2) is 91.0 Å². The Balaban J connectivity index is 1.44. The van der Waals surface area contributed by atoms with Crippen molar-refractivity contribution in [3.63, 3.8) is 0 Å². The number of carbonyl (C=O) groups excluding carboxylic acids is 1. The van der Waals surface area contributed by atoms with Crippen LogP contribution in [0.2, 0.25) is 0 Å². The number of hydrogen-bond donors (Lipinski definition) is 1. The summed E-state index contributed by atoms with van der Waals surface area (Å²) in [5.41, 5.74) is 1.00. The van der Waals surface area contributed by atoms with Crippen molar-refractivity contribution >= 4 is 22.4 Å². The summed E-state index contributed by atoms with van der Waals surface area (Å²) in [6.45, 7) is 0.459. The van der Waals surface area contributed by atoms with Gasteiger partial charge in [0.15, 0.2) is 5.82 Å². The van der Waals surface area contributed by atoms with Crippen LogP contribution in [0.25, 0.3) is 27.8 Å². The number of halogens is 3. The van der Waals surface area contributed by atoms with Gasteiger partial charge in [-0.3, -0.25) is 4.79 Å². The molecule has 1 aromatic heterocycles. The number of amides is 1. The molecule has 1 N–H and O–H groups in total. The molecule has 1 heterocycles. The first-order valence-electron chi connectivity index (χ1n) is 12.0. The van der Waals surface area contributed by atoms with Crippen LogP contribution in [0.1, 0.15) is 15.9 Å². The molecule has 10 heteroatoms. The van der Waals surface area contributed by atoms with Crippen molar-refractivity contribution in [1.29, 1.82) is 0 Å². The van der Waals surface area contributed by atoms with E-state index < -0.39 is 11.7 Å². The monoisotopic (exact) mass is 532 g/mol. The standard InChI is InChI=1S/C29H23F3N4O3/c1-38-16-17-39-28-34-26(20-8-4-9-21(18-20)29(30,31)32)36(35-28)23-14-12-22(13-15-23)33-27(37)25-11-5-7-19-6-2-3-10-24(19)25/h2-15,18H,16-17H2,1H3,(H,33,37). The van der Waals surface area contributed by atoms with Crippen LogP contribution < -0.4 is 10.1 Å². The van der Waals surface area contributed by atoms with E-state index >= 15 is 0 Å². The average Bonchev–Trinajstić information content (AvgIpc) is 3.37. The Hall–Kier alpha value is -4.70. The van der Waals surface area contributed by atoms with Gasteiger partial charge in [-0.15, -0.1) is 5.10 Å². The summed E-state index contributed by atoms with van der Waals surface area (Å²) >= 11 is 0. The zero-order valence-corrected chi connectivity index (χ0v) is 20.8. The molecule has 5 aromatic rings. The lowest BCUT2D eigenvalue weighted by molar-refractivity contribution is -0.137. The minimum Gasteiger partial charge on any atom is -0.460 e. The number of hydrogen-bond acceptors (Lipinski definition) is 5. The average molecular weight is 533 g/mol. The van der Waals surface area contributed by atoms with Crippen molar-refractivity contribution in [2.45, 2.75) is 6.18 Å². The normalized spacial score (nSPS) is 11.5. The molecular formula is C29H23F3N4O3. The van der Waals surface area contributed by atoms with Gasteiger partial charge in [-0.1, -0.05) is 48.5 Å². The number of nitrogens with one attached hydrogen (secondary N) is 1. The molecule has 0 bridgehead atoms. The molecule has 4 aromatic carbocycles. The minimum absolute atomic E-state index is 0.00667. The Morgan fingerprint density at radius 2 is 1.67 bits per heavy atom. The second-order valence-electron chi connectivity index (χ2n) is 8.58. The van der Waals surface area contributed by atoms with Crippen LogP contribution in [0.4, 0.5) is 18.9 Å². The van der Waals surface area contributed by atoms with Crippen molar-refractivity contribution < 1.29 is 27.4 Å². The smallest absolute Gasteiger partial charge is 0.416 e. The molecule has 0 aliphatic carbocycles. The summed E-state index contributed by atoms with van der Waals surface area (Å²) in [6.07, 6.45) is -4.51. The van der Waals surface area contributed by atoms with Crippen molar-refractivity contribution in [1.82, 2.24) is 14.8 Å². The lowest BCUT2D eigenvalue weighted by Crippen LogP contribution is -2.12. The first-order valence-corrected chi connectivity index (χ1v) is 12.0. The second-order valence-corrected chi connectivity index (χ2v) is 8.58. The van der Waals surface area contributed by atoms with Crippen LogP contribution in [-0.2, 0) is 10.9 Å². The fourth-order valence-electron chi connectivity index (χ4n) is 4.08. The molecule has 0 spiro atoms. The Morgan fingerprint density at radius 1 is 0.923 bits per heavy atom. The van der Waals surface area contributed by atoms with Gasteiger partial charge in [0.2, 0.25) is 0 Å². The van der Waals surface area contributed by atoms with Gasteiger partial charge in [-0.05, 0) is 53.2 Å². The number of fused-ring (bicyclic) bond motifs is 1. The van der Waals surface area contributed by atoms with Crippen LogP contribution in [0.3, 0.4) is 0 Å². The molecule has 0 aliphatic heterocycles. The van der Waals surface area contributed by atoms with E-state index in [0.29, 0.717) is 23.5 Å². The zero-order chi connectivity index (χ0) is 27.4. The molecule has 1 amide bonds. The van der Waals surface area contributed by atoms with Gasteiger partial charge in [0.25, 0.3) is 5.91 Å². The van der Waals surface area contributed by atoms with Crippen molar-refractivity contribution in [3.05, 3.63) is 102 Å². The van der Waals surface area contributed by atoms with Gasteiger partial charge < -0.3 is 14.8 Å². The number of nitrogens with zero attached hydrogens (tertiary/aromatic N) is 3. The van der Waals surface area contributed by atoms with Crippen LogP contribution in [0.5, 0.6) is 6.01 Å². The molecule has 198 valence electrons. The van der Waals surface area contributed by atoms with E-state index in [-0.39, 0.29) is 29.9 Å². The molecule has 0 saturated carbocycles.